The number of esters is 1. The zero-order valence-corrected chi connectivity index (χ0v) is 26.3. The van der Waals surface area contributed by atoms with Crippen LogP contribution < -0.4 is 16.0 Å². The Kier molecular flexibility index (Phi) is 7.81. The van der Waals surface area contributed by atoms with E-state index in [2.05, 4.69) is 29.8 Å². The first-order valence-corrected chi connectivity index (χ1v) is 15.9. The largest absolute Gasteiger partial charge is 0.465 e. The molecule has 2 aliphatic heterocycles. The highest BCUT2D eigenvalue weighted by molar-refractivity contribution is 6.31. The molecule has 3 fully saturated rings. The Morgan fingerprint density at radius 1 is 1.02 bits per heavy atom. The second-order valence-corrected chi connectivity index (χ2v) is 14.4. The van der Waals surface area contributed by atoms with Gasteiger partial charge in [-0.05, 0) is 91.8 Å². The molecule has 0 radical (unpaired) electrons. The first kappa shape index (κ1) is 30.4. The van der Waals surface area contributed by atoms with E-state index in [0.29, 0.717) is 53.5 Å². The number of anilines is 1. The van der Waals surface area contributed by atoms with Crippen molar-refractivity contribution in [2.24, 2.45) is 11.3 Å². The minimum Gasteiger partial charge on any atom is -0.465 e. The molecule has 4 atom stereocenters. The highest BCUT2D eigenvalue weighted by Gasteiger charge is 2.70. The highest BCUT2D eigenvalue weighted by Crippen LogP contribution is 2.63. The maximum absolute atomic E-state index is 14.5. The van der Waals surface area contributed by atoms with Gasteiger partial charge in [0, 0.05) is 45.7 Å². The van der Waals surface area contributed by atoms with Crippen LogP contribution >= 0.6 is 23.2 Å². The molecule has 230 valence electrons. The predicted molar refractivity (Wildman–Crippen MR) is 166 cm³/mol. The third-order valence-electron chi connectivity index (χ3n) is 10.7. The molecule has 0 aromatic heterocycles. The van der Waals surface area contributed by atoms with Gasteiger partial charge in [-0.1, -0.05) is 43.1 Å². The summed E-state index contributed by atoms with van der Waals surface area (Å²) < 4.78 is 4.99. The zero-order valence-electron chi connectivity index (χ0n) is 24.8. The van der Waals surface area contributed by atoms with E-state index in [4.69, 9.17) is 27.9 Å². The number of hydrogen-bond acceptors (Lipinski definition) is 6. The van der Waals surface area contributed by atoms with Crippen molar-refractivity contribution < 1.29 is 24.2 Å². The maximum atomic E-state index is 14.5. The lowest BCUT2D eigenvalue weighted by Gasteiger charge is -2.53. The fourth-order valence-electron chi connectivity index (χ4n) is 8.39. The zero-order chi connectivity index (χ0) is 30.7. The van der Waals surface area contributed by atoms with Gasteiger partial charge >= 0.3 is 5.97 Å². The van der Waals surface area contributed by atoms with Crippen molar-refractivity contribution >= 4 is 46.7 Å². The van der Waals surface area contributed by atoms with Crippen LogP contribution in [0, 0.1) is 11.3 Å². The predicted octanol–water partition coefficient (Wildman–Crippen LogP) is 5.34. The van der Waals surface area contributed by atoms with Gasteiger partial charge < -0.3 is 25.8 Å². The molecule has 2 spiro atoms. The molecule has 4 N–H and O–H groups in total. The van der Waals surface area contributed by atoms with Crippen molar-refractivity contribution in [1.82, 2.24) is 10.6 Å². The molecule has 2 aliphatic carbocycles. The second kappa shape index (κ2) is 11.1. The lowest BCUT2D eigenvalue weighted by atomic mass is 9.51. The van der Waals surface area contributed by atoms with Gasteiger partial charge in [-0.25, -0.2) is 4.79 Å². The Hall–Kier alpha value is -2.65. The third kappa shape index (κ3) is 4.95. The summed E-state index contributed by atoms with van der Waals surface area (Å²) in [7, 11) is 1.32. The smallest absolute Gasteiger partial charge is 0.337 e. The second-order valence-electron chi connectivity index (χ2n) is 13.5. The molecule has 1 saturated heterocycles. The Morgan fingerprint density at radius 2 is 1.77 bits per heavy atom. The number of ether oxygens (including phenoxy) is 1. The van der Waals surface area contributed by atoms with E-state index in [9.17, 15) is 19.5 Å². The van der Waals surface area contributed by atoms with Crippen LogP contribution in [0.15, 0.2) is 36.4 Å². The van der Waals surface area contributed by atoms with Gasteiger partial charge in [0.05, 0.1) is 18.8 Å². The van der Waals surface area contributed by atoms with Crippen LogP contribution in [0.25, 0.3) is 0 Å². The van der Waals surface area contributed by atoms with E-state index in [0.717, 1.165) is 30.4 Å². The van der Waals surface area contributed by atoms with Gasteiger partial charge in [-0.2, -0.15) is 0 Å². The van der Waals surface area contributed by atoms with Crippen LogP contribution in [-0.2, 0) is 19.7 Å². The molecule has 2 saturated carbocycles. The summed E-state index contributed by atoms with van der Waals surface area (Å²) >= 11 is 12.9. The fraction of sp³-hybridized carbons (Fsp3) is 0.545. The molecule has 4 aliphatic rings. The van der Waals surface area contributed by atoms with E-state index in [1.165, 1.54) is 7.11 Å². The highest BCUT2D eigenvalue weighted by atomic mass is 35.5. The number of aliphatic hydroxyl groups excluding tert-OH is 1. The van der Waals surface area contributed by atoms with Crippen molar-refractivity contribution in [2.75, 3.05) is 19.0 Å². The van der Waals surface area contributed by atoms with Crippen molar-refractivity contribution in [1.29, 1.82) is 0 Å². The number of nitrogens with one attached hydrogen (secondary N) is 3. The lowest BCUT2D eigenvalue weighted by molar-refractivity contribution is -0.136. The Labute approximate surface area is 262 Å². The van der Waals surface area contributed by atoms with Crippen molar-refractivity contribution in [3.63, 3.8) is 0 Å². The lowest BCUT2D eigenvalue weighted by Crippen LogP contribution is -2.64. The van der Waals surface area contributed by atoms with E-state index < -0.39 is 16.9 Å². The van der Waals surface area contributed by atoms with Gasteiger partial charge in [0.25, 0.3) is 0 Å². The Bertz CT molecular complexity index is 1470. The molecule has 43 heavy (non-hydrogen) atoms. The summed E-state index contributed by atoms with van der Waals surface area (Å²) in [5, 5.41) is 21.1. The van der Waals surface area contributed by atoms with Crippen LogP contribution in [0.3, 0.4) is 0 Å². The maximum Gasteiger partial charge on any atom is 0.337 e. The summed E-state index contributed by atoms with van der Waals surface area (Å²) in [6, 6.07) is 10.7. The molecule has 6 rings (SSSR count). The quantitative estimate of drug-likeness (QED) is 0.340. The number of rotatable bonds is 4. The van der Waals surface area contributed by atoms with E-state index in [1.807, 2.05) is 12.1 Å². The topological polar surface area (TPSA) is 117 Å². The fourth-order valence-corrected chi connectivity index (χ4v) is 8.81. The van der Waals surface area contributed by atoms with E-state index >= 15 is 0 Å². The number of carbonyl (C=O) groups excluding carboxylic acids is 3. The SMILES string of the molecule is COC(=O)c1cc(Cl)cc([C@H]2CNC3(CCC(C)(C)C(C(=O)NC4CCC(O)CC4)C3)[C@@]23C(=O)Nc2cc(Cl)ccc23)c1. The number of methoxy groups -OCH3 is 1. The first-order valence-electron chi connectivity index (χ1n) is 15.1. The van der Waals surface area contributed by atoms with Crippen LogP contribution in [-0.4, -0.2) is 54.2 Å². The summed E-state index contributed by atoms with van der Waals surface area (Å²) in [5.41, 5.74) is 0.418. The number of carbonyl (C=O) groups is 3. The number of halogens is 2. The minimum atomic E-state index is -1.09. The standard InChI is InChI=1S/C33H39Cl2N3O5/c1-31(2)10-11-32(16-25(31)28(40)37-22-5-7-23(39)8-6-22)33(24-9-4-20(34)15-27(24)38-30(33)42)26(17-36-32)18-12-19(29(41)43-3)14-21(35)13-18/h4,9,12-15,22-23,25-26,36,39H,5-8,10-11,16-17H2,1-3H3,(H,37,40)(H,38,42)/t22?,23?,25?,26-,32?,33-/m1/s1. The van der Waals surface area contributed by atoms with Crippen molar-refractivity contribution in [3.05, 3.63) is 63.1 Å². The summed E-state index contributed by atoms with van der Waals surface area (Å²) in [6.07, 6.45) is 4.43. The molecule has 10 heteroatoms. The normalized spacial score (nSPS) is 32.8. The Balaban J connectivity index is 1.45. The van der Waals surface area contributed by atoms with E-state index in [1.54, 1.807) is 24.3 Å². The van der Waals surface area contributed by atoms with Crippen LogP contribution in [0.2, 0.25) is 10.0 Å². The van der Waals surface area contributed by atoms with Gasteiger partial charge in [0.1, 0.15) is 5.41 Å². The molecular weight excluding hydrogens is 589 g/mol. The molecule has 2 heterocycles. The van der Waals surface area contributed by atoms with E-state index in [-0.39, 0.29) is 41.2 Å². The van der Waals surface area contributed by atoms with Gasteiger partial charge in [-0.3, -0.25) is 9.59 Å². The number of hydrogen-bond donors (Lipinski definition) is 4. The van der Waals surface area contributed by atoms with Crippen LogP contribution in [0.5, 0.6) is 0 Å². The molecule has 8 nitrogen and oxygen atoms in total. The average Bonchev–Trinajstić information content (AvgIpc) is 3.45. The molecular formula is C33H39Cl2N3O5. The Morgan fingerprint density at radius 3 is 2.49 bits per heavy atom. The van der Waals surface area contributed by atoms with Crippen molar-refractivity contribution in [2.45, 2.75) is 87.8 Å². The molecule has 0 bridgehead atoms. The monoisotopic (exact) mass is 627 g/mol. The first-order chi connectivity index (χ1) is 20.4. The van der Waals surface area contributed by atoms with Gasteiger partial charge in [0.15, 0.2) is 0 Å². The summed E-state index contributed by atoms with van der Waals surface area (Å²) in [6.45, 7) is 4.72. The van der Waals surface area contributed by atoms with Gasteiger partial charge in [0.2, 0.25) is 11.8 Å². The molecule has 2 aromatic rings. The average molecular weight is 629 g/mol. The minimum absolute atomic E-state index is 0.00340. The number of benzene rings is 2. The van der Waals surface area contributed by atoms with Crippen LogP contribution in [0.4, 0.5) is 5.69 Å². The molecule has 2 aromatic carbocycles. The summed E-state index contributed by atoms with van der Waals surface area (Å²) in [5.74, 6) is -1.41. The number of aliphatic hydroxyl groups is 1. The summed E-state index contributed by atoms with van der Waals surface area (Å²) in [4.78, 5) is 41.1. The van der Waals surface area contributed by atoms with Crippen molar-refractivity contribution in [3.8, 4) is 0 Å². The van der Waals surface area contributed by atoms with Gasteiger partial charge in [-0.15, -0.1) is 0 Å². The van der Waals surface area contributed by atoms with Crippen LogP contribution in [0.1, 0.15) is 86.2 Å². The number of fused-ring (bicyclic) bond motifs is 3. The number of amides is 2. The molecule has 2 amide bonds. The molecule has 2 unspecified atom stereocenters. The third-order valence-corrected chi connectivity index (χ3v) is 11.2.